The van der Waals surface area contributed by atoms with Crippen LogP contribution >= 0.6 is 23.2 Å². The summed E-state index contributed by atoms with van der Waals surface area (Å²) in [7, 11) is 2.71. The molecule has 0 radical (unpaired) electrons. The lowest BCUT2D eigenvalue weighted by Gasteiger charge is -2.43. The third-order valence-corrected chi connectivity index (χ3v) is 6.93. The first kappa shape index (κ1) is 26.9. The third kappa shape index (κ3) is 4.86. The van der Waals surface area contributed by atoms with Crippen LogP contribution in [0.15, 0.2) is 23.5 Å². The van der Waals surface area contributed by atoms with Crippen molar-refractivity contribution in [3.05, 3.63) is 44.7 Å². The van der Waals surface area contributed by atoms with Gasteiger partial charge in [0.2, 0.25) is 11.4 Å². The fourth-order valence-corrected chi connectivity index (χ4v) is 5.01. The van der Waals surface area contributed by atoms with Crippen LogP contribution in [0, 0.1) is 12.8 Å². The molecule has 0 unspecified atom stereocenters. The topological polar surface area (TPSA) is 97.4 Å². The highest BCUT2D eigenvalue weighted by Crippen LogP contribution is 2.46. The molecule has 0 amide bonds. The lowest BCUT2D eigenvalue weighted by molar-refractivity contribution is -0.175. The van der Waals surface area contributed by atoms with E-state index in [0.29, 0.717) is 12.0 Å². The van der Waals surface area contributed by atoms with E-state index in [1.54, 1.807) is 13.0 Å². The third-order valence-electron chi connectivity index (χ3n) is 6.14. The quantitative estimate of drug-likeness (QED) is 0.457. The molecule has 10 heteroatoms. The maximum Gasteiger partial charge on any atom is 0.343 e. The van der Waals surface area contributed by atoms with E-state index in [4.69, 9.17) is 46.9 Å². The monoisotopic (exact) mass is 526 g/mol. The molecule has 0 spiro atoms. The number of rotatable bonds is 7. The number of halogens is 2. The molecule has 8 nitrogen and oxygen atoms in total. The summed E-state index contributed by atoms with van der Waals surface area (Å²) in [5.41, 5.74) is -0.963. The average molecular weight is 527 g/mol. The van der Waals surface area contributed by atoms with Gasteiger partial charge in [0.1, 0.15) is 10.6 Å². The van der Waals surface area contributed by atoms with E-state index >= 15 is 0 Å². The summed E-state index contributed by atoms with van der Waals surface area (Å²) in [6, 6.07) is 0. The Hall–Kier alpha value is -2.71. The first-order valence-corrected chi connectivity index (χ1v) is 11.8. The predicted molar refractivity (Wildman–Crippen MR) is 129 cm³/mol. The number of hydrogen-bond acceptors (Lipinski definition) is 8. The second-order valence-corrected chi connectivity index (χ2v) is 9.26. The van der Waals surface area contributed by atoms with Crippen molar-refractivity contribution in [1.82, 2.24) is 0 Å². The molecule has 0 fully saturated rings. The Morgan fingerprint density at radius 2 is 1.80 bits per heavy atom. The van der Waals surface area contributed by atoms with Gasteiger partial charge in [-0.3, -0.25) is 9.59 Å². The normalized spacial score (nSPS) is 23.4. The molecule has 1 aliphatic heterocycles. The number of allylic oxidation sites excluding steroid dienone is 2. The minimum atomic E-state index is -1.84. The minimum Gasteiger partial charge on any atom is -0.497 e. The summed E-state index contributed by atoms with van der Waals surface area (Å²) >= 11 is 12.7. The lowest BCUT2D eigenvalue weighted by atomic mass is 9.74. The standard InChI is InChI=1S/C25H28Cl2O8/c1-7-8-15-9-14-10-17(29)25(4,23(34-13(3)28)16(14)11-33-15)35-24(30)18-12(2)19(26)22(32-6)20(27)21(18)31-5/h9-10,16,23H,7-8,11H2,1-6H3/t16-,23+,25+/m1/s1. The van der Waals surface area contributed by atoms with Gasteiger partial charge in [-0.25, -0.2) is 4.79 Å². The first-order chi connectivity index (χ1) is 16.5. The average Bonchev–Trinajstić information content (AvgIpc) is 2.79. The van der Waals surface area contributed by atoms with Gasteiger partial charge in [0.15, 0.2) is 17.6 Å². The van der Waals surface area contributed by atoms with E-state index in [1.165, 1.54) is 34.1 Å². The molecule has 1 aromatic carbocycles. The van der Waals surface area contributed by atoms with Gasteiger partial charge in [0.05, 0.1) is 37.5 Å². The van der Waals surface area contributed by atoms with Gasteiger partial charge in [-0.2, -0.15) is 0 Å². The van der Waals surface area contributed by atoms with Crippen molar-refractivity contribution < 1.29 is 38.1 Å². The molecular weight excluding hydrogens is 499 g/mol. The lowest BCUT2D eigenvalue weighted by Crippen LogP contribution is -2.58. The van der Waals surface area contributed by atoms with Crippen LogP contribution in [-0.4, -0.2) is 50.3 Å². The van der Waals surface area contributed by atoms with Crippen molar-refractivity contribution in [2.24, 2.45) is 5.92 Å². The zero-order chi connectivity index (χ0) is 26.1. The SMILES string of the molecule is CCCC1=CC2=CC(=O)[C@](C)(OC(=O)c3c(C)c(Cl)c(OC)c(Cl)c3OC)[C@@H](OC(C)=O)[C@@H]2CO1. The maximum absolute atomic E-state index is 13.5. The van der Waals surface area contributed by atoms with E-state index in [9.17, 15) is 14.4 Å². The maximum atomic E-state index is 13.5. The summed E-state index contributed by atoms with van der Waals surface area (Å²) in [5, 5.41) is 0.0732. The van der Waals surface area contributed by atoms with Gasteiger partial charge >= 0.3 is 11.9 Å². The summed E-state index contributed by atoms with van der Waals surface area (Å²) in [4.78, 5) is 38.8. The van der Waals surface area contributed by atoms with Crippen LogP contribution in [0.3, 0.4) is 0 Å². The smallest absolute Gasteiger partial charge is 0.343 e. The Morgan fingerprint density at radius 3 is 2.37 bits per heavy atom. The van der Waals surface area contributed by atoms with E-state index in [-0.39, 0.29) is 39.3 Å². The van der Waals surface area contributed by atoms with Gasteiger partial charge in [-0.1, -0.05) is 30.1 Å². The molecule has 2 aliphatic rings. The fourth-order valence-electron chi connectivity index (χ4n) is 4.35. The molecule has 3 atom stereocenters. The number of ketones is 1. The van der Waals surface area contributed by atoms with Crippen molar-refractivity contribution in [3.8, 4) is 11.5 Å². The molecule has 0 bridgehead atoms. The number of esters is 2. The summed E-state index contributed by atoms with van der Waals surface area (Å²) in [6.45, 7) is 6.39. The van der Waals surface area contributed by atoms with Gasteiger partial charge in [0.25, 0.3) is 0 Å². The van der Waals surface area contributed by atoms with Gasteiger partial charge in [-0.05, 0) is 43.6 Å². The molecule has 1 aromatic rings. The second kappa shape index (κ2) is 10.5. The van der Waals surface area contributed by atoms with Crippen molar-refractivity contribution in [1.29, 1.82) is 0 Å². The molecular formula is C25H28Cl2O8. The molecule has 0 N–H and O–H groups in total. The number of fused-ring (bicyclic) bond motifs is 1. The number of methoxy groups -OCH3 is 2. The van der Waals surface area contributed by atoms with E-state index in [1.807, 2.05) is 6.92 Å². The van der Waals surface area contributed by atoms with E-state index in [0.717, 1.165) is 12.2 Å². The van der Waals surface area contributed by atoms with Gasteiger partial charge in [-0.15, -0.1) is 0 Å². The molecule has 0 saturated carbocycles. The van der Waals surface area contributed by atoms with Crippen LogP contribution in [0.25, 0.3) is 0 Å². The van der Waals surface area contributed by atoms with Gasteiger partial charge < -0.3 is 23.7 Å². The Bertz CT molecular complexity index is 1120. The van der Waals surface area contributed by atoms with Crippen LogP contribution in [0.4, 0.5) is 0 Å². The van der Waals surface area contributed by atoms with E-state index in [2.05, 4.69) is 0 Å². The highest BCUT2D eigenvalue weighted by Gasteiger charge is 2.55. The Labute approximate surface area is 214 Å². The molecule has 3 rings (SSSR count). The number of carbonyl (C=O) groups excluding carboxylic acids is 3. The summed E-state index contributed by atoms with van der Waals surface area (Å²) in [6.07, 6.45) is 3.65. The zero-order valence-corrected chi connectivity index (χ0v) is 22.0. The molecule has 190 valence electrons. The molecule has 0 aromatic heterocycles. The van der Waals surface area contributed by atoms with Crippen molar-refractivity contribution in [2.45, 2.75) is 52.2 Å². The number of benzene rings is 1. The Morgan fingerprint density at radius 1 is 1.14 bits per heavy atom. The van der Waals surface area contributed by atoms with Gasteiger partial charge in [0, 0.05) is 13.3 Å². The highest BCUT2D eigenvalue weighted by atomic mass is 35.5. The molecule has 1 heterocycles. The van der Waals surface area contributed by atoms with E-state index < -0.39 is 35.3 Å². The Kier molecular flexibility index (Phi) is 8.07. The van der Waals surface area contributed by atoms with Crippen molar-refractivity contribution in [2.75, 3.05) is 20.8 Å². The Balaban J connectivity index is 2.08. The first-order valence-electron chi connectivity index (χ1n) is 11.1. The van der Waals surface area contributed by atoms with Crippen LogP contribution in [0.5, 0.6) is 11.5 Å². The molecule has 0 saturated heterocycles. The minimum absolute atomic E-state index is 0.0179. The fraction of sp³-hybridized carbons (Fsp3) is 0.480. The number of ether oxygens (including phenoxy) is 5. The second-order valence-electron chi connectivity index (χ2n) is 8.51. The number of hydrogen-bond donors (Lipinski definition) is 0. The molecule has 1 aliphatic carbocycles. The van der Waals surface area contributed by atoms with Crippen LogP contribution in [0.1, 0.15) is 49.5 Å². The zero-order valence-electron chi connectivity index (χ0n) is 20.5. The van der Waals surface area contributed by atoms with Crippen molar-refractivity contribution in [3.63, 3.8) is 0 Å². The van der Waals surface area contributed by atoms with Crippen LogP contribution in [-0.2, 0) is 23.8 Å². The summed E-state index contributed by atoms with van der Waals surface area (Å²) in [5.74, 6) is -1.73. The predicted octanol–water partition coefficient (Wildman–Crippen LogP) is 5.01. The van der Waals surface area contributed by atoms with Crippen LogP contribution in [0.2, 0.25) is 10.0 Å². The van der Waals surface area contributed by atoms with Crippen molar-refractivity contribution >= 4 is 40.9 Å². The summed E-state index contributed by atoms with van der Waals surface area (Å²) < 4.78 is 27.8. The number of carbonyl (C=O) groups is 3. The largest absolute Gasteiger partial charge is 0.497 e. The highest BCUT2D eigenvalue weighted by molar-refractivity contribution is 6.39. The van der Waals surface area contributed by atoms with Crippen LogP contribution < -0.4 is 9.47 Å². The molecule has 35 heavy (non-hydrogen) atoms.